The van der Waals surface area contributed by atoms with Crippen molar-refractivity contribution in [3.8, 4) is 39.8 Å². The highest BCUT2D eigenvalue weighted by molar-refractivity contribution is 6.12. The van der Waals surface area contributed by atoms with Crippen LogP contribution < -0.4 is 9.47 Å². The first-order valence-corrected chi connectivity index (χ1v) is 14.2. The van der Waals surface area contributed by atoms with Gasteiger partial charge in [0.1, 0.15) is 5.69 Å². The quantitative estimate of drug-likeness (QED) is 0.227. The van der Waals surface area contributed by atoms with Crippen LogP contribution in [0, 0.1) is 0 Å². The van der Waals surface area contributed by atoms with Crippen LogP contribution in [0.15, 0.2) is 85.1 Å². The minimum absolute atomic E-state index is 0.0517. The average Bonchev–Trinajstić information content (AvgIpc) is 3.70. The molecule has 1 aliphatic heterocycles. The fourth-order valence-corrected chi connectivity index (χ4v) is 5.66. The summed E-state index contributed by atoms with van der Waals surface area (Å²) in [6.45, 7) is 13.9. The van der Waals surface area contributed by atoms with Crippen molar-refractivity contribution in [1.82, 2.24) is 14.8 Å². The lowest BCUT2D eigenvalue weighted by molar-refractivity contribution is 0.174. The van der Waals surface area contributed by atoms with Crippen LogP contribution in [0.5, 0.6) is 11.5 Å². The first-order chi connectivity index (χ1) is 19.5. The van der Waals surface area contributed by atoms with Crippen LogP contribution in [0.1, 0.15) is 52.7 Å². The van der Waals surface area contributed by atoms with E-state index in [2.05, 4.69) is 101 Å². The van der Waals surface area contributed by atoms with Gasteiger partial charge in [-0.3, -0.25) is 0 Å². The summed E-state index contributed by atoms with van der Waals surface area (Å²) in [5, 5.41) is 9.89. The topological polar surface area (TPSA) is 52.1 Å². The second kappa shape index (κ2) is 9.00. The lowest BCUT2D eigenvalue weighted by Crippen LogP contribution is -2.11. The van der Waals surface area contributed by atoms with Crippen molar-refractivity contribution in [1.29, 1.82) is 0 Å². The molecule has 0 atom stereocenters. The maximum Gasteiger partial charge on any atom is 0.231 e. The molecule has 0 bridgehead atoms. The number of aromatic amines is 1. The predicted octanol–water partition coefficient (Wildman–Crippen LogP) is 9.16. The maximum atomic E-state index is 5.56. The van der Waals surface area contributed by atoms with Gasteiger partial charge in [-0.05, 0) is 92.0 Å². The Morgan fingerprint density at radius 2 is 1.29 bits per heavy atom. The van der Waals surface area contributed by atoms with Gasteiger partial charge in [-0.1, -0.05) is 65.8 Å². The van der Waals surface area contributed by atoms with E-state index in [0.717, 1.165) is 34.3 Å². The minimum atomic E-state index is 0.0517. The summed E-state index contributed by atoms with van der Waals surface area (Å²) >= 11 is 0. The van der Waals surface area contributed by atoms with E-state index in [0.29, 0.717) is 0 Å². The van der Waals surface area contributed by atoms with Gasteiger partial charge in [-0.25, -0.2) is 4.68 Å². The number of rotatable bonds is 3. The number of ether oxygens (including phenoxy) is 2. The Hall–Kier alpha value is -4.51. The molecular weight excluding hydrogens is 506 g/mol. The van der Waals surface area contributed by atoms with E-state index in [1.165, 1.54) is 38.2 Å². The Labute approximate surface area is 240 Å². The SMILES string of the molecule is CC(C)(C)c1ccc2cc3ccc(C(C)(C)C)cc3c(-c3ccc(-c4ccn(-c5ccc6c(c5)OCO6)n4)[nH]3)c2c1. The van der Waals surface area contributed by atoms with Crippen molar-refractivity contribution < 1.29 is 9.47 Å². The number of H-pyrrole nitrogens is 1. The fraction of sp³-hybridized carbons (Fsp3) is 0.250. The zero-order valence-corrected chi connectivity index (χ0v) is 24.5. The van der Waals surface area contributed by atoms with Gasteiger partial charge >= 0.3 is 0 Å². The molecule has 0 spiro atoms. The number of hydrogen-bond donors (Lipinski definition) is 1. The van der Waals surface area contributed by atoms with Gasteiger partial charge in [0.25, 0.3) is 0 Å². The zero-order chi connectivity index (χ0) is 28.5. The maximum absolute atomic E-state index is 5.56. The number of hydrogen-bond acceptors (Lipinski definition) is 3. The van der Waals surface area contributed by atoms with Crippen molar-refractivity contribution in [2.45, 2.75) is 52.4 Å². The van der Waals surface area contributed by atoms with Crippen LogP contribution >= 0.6 is 0 Å². The van der Waals surface area contributed by atoms with Crippen molar-refractivity contribution in [3.05, 3.63) is 96.2 Å². The van der Waals surface area contributed by atoms with E-state index in [9.17, 15) is 0 Å². The molecule has 206 valence electrons. The van der Waals surface area contributed by atoms with E-state index in [4.69, 9.17) is 14.6 Å². The highest BCUT2D eigenvalue weighted by Gasteiger charge is 2.21. The number of nitrogens with zero attached hydrogens (tertiary/aromatic N) is 2. The molecule has 41 heavy (non-hydrogen) atoms. The largest absolute Gasteiger partial charge is 0.454 e. The molecule has 1 aliphatic rings. The summed E-state index contributed by atoms with van der Waals surface area (Å²) in [6, 6.07) is 28.4. The smallest absolute Gasteiger partial charge is 0.231 e. The Kier molecular flexibility index (Phi) is 5.59. The van der Waals surface area contributed by atoms with Gasteiger partial charge in [0.2, 0.25) is 6.79 Å². The summed E-state index contributed by atoms with van der Waals surface area (Å²) in [5.41, 5.74) is 7.86. The minimum Gasteiger partial charge on any atom is -0.454 e. The molecule has 0 radical (unpaired) electrons. The molecule has 0 fully saturated rings. The molecule has 2 aromatic heterocycles. The van der Waals surface area contributed by atoms with Gasteiger partial charge in [0.05, 0.1) is 11.4 Å². The van der Waals surface area contributed by atoms with Gasteiger partial charge in [-0.15, -0.1) is 0 Å². The highest BCUT2D eigenvalue weighted by Crippen LogP contribution is 2.40. The third-order valence-corrected chi connectivity index (χ3v) is 8.13. The molecule has 3 heterocycles. The van der Waals surface area contributed by atoms with Crippen molar-refractivity contribution in [2.24, 2.45) is 0 Å². The highest BCUT2D eigenvalue weighted by atomic mass is 16.7. The Balaban J connectivity index is 1.38. The van der Waals surface area contributed by atoms with Crippen LogP contribution in [0.2, 0.25) is 0 Å². The first kappa shape index (κ1) is 25.5. The van der Waals surface area contributed by atoms with E-state index in [1.54, 1.807) is 0 Å². The van der Waals surface area contributed by atoms with Gasteiger partial charge in [0.15, 0.2) is 11.5 Å². The normalized spacial score (nSPS) is 13.4. The summed E-state index contributed by atoms with van der Waals surface area (Å²) in [6.07, 6.45) is 1.98. The standard InChI is InChI=1S/C36H35N3O2/c1-35(2,3)24-9-7-22-17-23-8-10-25(36(4,5)6)19-28(23)34(27(22)18-24)31-13-12-29(37-31)30-15-16-39(38-30)26-11-14-32-33(20-26)41-21-40-32/h7-20,37H,21H2,1-6H3. The number of aromatic nitrogens is 3. The predicted molar refractivity (Wildman–Crippen MR) is 167 cm³/mol. The van der Waals surface area contributed by atoms with E-state index >= 15 is 0 Å². The van der Waals surface area contributed by atoms with Crippen LogP contribution in [0.3, 0.4) is 0 Å². The van der Waals surface area contributed by atoms with Crippen molar-refractivity contribution in [3.63, 3.8) is 0 Å². The van der Waals surface area contributed by atoms with E-state index < -0.39 is 0 Å². The third-order valence-electron chi connectivity index (χ3n) is 8.13. The Morgan fingerprint density at radius 3 is 1.95 bits per heavy atom. The summed E-state index contributed by atoms with van der Waals surface area (Å²) in [5.74, 6) is 1.51. The third kappa shape index (κ3) is 4.46. The van der Waals surface area contributed by atoms with Crippen molar-refractivity contribution in [2.75, 3.05) is 6.79 Å². The number of nitrogens with one attached hydrogen (secondary N) is 1. The molecular formula is C36H35N3O2. The molecule has 0 saturated heterocycles. The molecule has 0 aliphatic carbocycles. The molecule has 6 aromatic rings. The van der Waals surface area contributed by atoms with Crippen LogP contribution in [-0.2, 0) is 10.8 Å². The second-order valence-corrected chi connectivity index (χ2v) is 13.1. The van der Waals surface area contributed by atoms with Crippen LogP contribution in [0.25, 0.3) is 49.9 Å². The summed E-state index contributed by atoms with van der Waals surface area (Å²) in [4.78, 5) is 3.73. The summed E-state index contributed by atoms with van der Waals surface area (Å²) < 4.78 is 12.9. The fourth-order valence-electron chi connectivity index (χ4n) is 5.66. The number of fused-ring (bicyclic) bond motifs is 3. The van der Waals surface area contributed by atoms with Crippen molar-refractivity contribution >= 4 is 21.5 Å². The van der Waals surface area contributed by atoms with Crippen LogP contribution in [-0.4, -0.2) is 21.6 Å². The van der Waals surface area contributed by atoms with Crippen LogP contribution in [0.4, 0.5) is 0 Å². The molecule has 4 aromatic carbocycles. The summed E-state index contributed by atoms with van der Waals surface area (Å²) in [7, 11) is 0. The van der Waals surface area contributed by atoms with E-state index in [1.807, 2.05) is 35.1 Å². The van der Waals surface area contributed by atoms with Gasteiger partial charge in [0, 0.05) is 23.5 Å². The molecule has 5 heteroatoms. The lowest BCUT2D eigenvalue weighted by atomic mass is 9.82. The molecule has 5 nitrogen and oxygen atoms in total. The second-order valence-electron chi connectivity index (χ2n) is 13.1. The monoisotopic (exact) mass is 541 g/mol. The lowest BCUT2D eigenvalue weighted by Gasteiger charge is -2.22. The van der Waals surface area contributed by atoms with Gasteiger partial charge < -0.3 is 14.5 Å². The Bertz CT molecular complexity index is 1870. The zero-order valence-electron chi connectivity index (χ0n) is 24.5. The molecule has 0 amide bonds. The average molecular weight is 542 g/mol. The molecule has 1 N–H and O–H groups in total. The molecule has 7 rings (SSSR count). The molecule has 0 unspecified atom stereocenters. The van der Waals surface area contributed by atoms with Gasteiger partial charge in [-0.2, -0.15) is 5.10 Å². The number of benzene rings is 4. The Morgan fingerprint density at radius 1 is 0.659 bits per heavy atom. The first-order valence-electron chi connectivity index (χ1n) is 14.2. The molecule has 0 saturated carbocycles. The van der Waals surface area contributed by atoms with E-state index in [-0.39, 0.29) is 17.6 Å².